The van der Waals surface area contributed by atoms with Gasteiger partial charge in [-0.2, -0.15) is 15.6 Å². The molecular formula is C17H13N7S. The standard InChI is InChI=1S/C17H13N7S/c18-3-1-15(11-5-13(6-19)25-9-11)24-8-12(7-23-24)16-14-2-4-20-17(14)22-10-21-16/h5,7-10,15H,1-2,4H2,(H,20,21,22). The zero-order valence-corrected chi connectivity index (χ0v) is 14.0. The van der Waals surface area contributed by atoms with Gasteiger partial charge in [0.05, 0.1) is 30.4 Å². The van der Waals surface area contributed by atoms with Gasteiger partial charge in [-0.3, -0.25) is 4.68 Å². The van der Waals surface area contributed by atoms with Crippen molar-refractivity contribution in [1.29, 1.82) is 10.5 Å². The Hall–Kier alpha value is -3.23. The molecule has 0 aliphatic carbocycles. The molecule has 1 atom stereocenters. The van der Waals surface area contributed by atoms with Crippen molar-refractivity contribution in [2.75, 3.05) is 11.9 Å². The van der Waals surface area contributed by atoms with Crippen molar-refractivity contribution in [2.24, 2.45) is 0 Å². The van der Waals surface area contributed by atoms with E-state index >= 15 is 0 Å². The van der Waals surface area contributed by atoms with Gasteiger partial charge in [0.25, 0.3) is 0 Å². The predicted octanol–water partition coefficient (Wildman–Crippen LogP) is 2.74. The first-order valence-electron chi connectivity index (χ1n) is 7.78. The lowest BCUT2D eigenvalue weighted by atomic mass is 10.1. The Kier molecular flexibility index (Phi) is 3.88. The number of fused-ring (bicyclic) bond motifs is 1. The molecule has 1 N–H and O–H groups in total. The highest BCUT2D eigenvalue weighted by Gasteiger charge is 2.21. The van der Waals surface area contributed by atoms with Gasteiger partial charge in [-0.25, -0.2) is 9.97 Å². The second kappa shape index (κ2) is 6.34. The summed E-state index contributed by atoms with van der Waals surface area (Å²) in [5.74, 6) is 0.878. The van der Waals surface area contributed by atoms with Crippen LogP contribution < -0.4 is 5.32 Å². The van der Waals surface area contributed by atoms with E-state index in [4.69, 9.17) is 5.26 Å². The van der Waals surface area contributed by atoms with Crippen LogP contribution in [-0.4, -0.2) is 26.3 Å². The summed E-state index contributed by atoms with van der Waals surface area (Å²) in [4.78, 5) is 9.30. The third kappa shape index (κ3) is 2.73. The van der Waals surface area contributed by atoms with Gasteiger partial charge in [-0.15, -0.1) is 11.3 Å². The smallest absolute Gasteiger partial charge is 0.133 e. The van der Waals surface area contributed by atoms with Gasteiger partial charge in [-0.05, 0) is 23.4 Å². The molecule has 3 aromatic rings. The molecular weight excluding hydrogens is 334 g/mol. The van der Waals surface area contributed by atoms with Crippen LogP contribution in [0.5, 0.6) is 0 Å². The summed E-state index contributed by atoms with van der Waals surface area (Å²) in [6.45, 7) is 0.859. The lowest BCUT2D eigenvalue weighted by Crippen LogP contribution is -2.09. The van der Waals surface area contributed by atoms with Gasteiger partial charge in [0.2, 0.25) is 0 Å². The van der Waals surface area contributed by atoms with Crippen LogP contribution in [0.15, 0.2) is 30.2 Å². The molecule has 7 nitrogen and oxygen atoms in total. The second-order valence-corrected chi connectivity index (χ2v) is 6.58. The molecule has 0 fully saturated rings. The fourth-order valence-electron chi connectivity index (χ4n) is 3.02. The van der Waals surface area contributed by atoms with Crippen molar-refractivity contribution in [2.45, 2.75) is 18.9 Å². The number of thiophene rings is 1. The normalized spacial score (nSPS) is 13.5. The number of aromatic nitrogens is 4. The van der Waals surface area contributed by atoms with Crippen LogP contribution >= 0.6 is 11.3 Å². The molecule has 8 heteroatoms. The average molecular weight is 347 g/mol. The molecule has 4 heterocycles. The molecule has 4 rings (SSSR count). The van der Waals surface area contributed by atoms with Crippen LogP contribution in [0.3, 0.4) is 0 Å². The Morgan fingerprint density at radius 2 is 2.28 bits per heavy atom. The van der Waals surface area contributed by atoms with Gasteiger partial charge >= 0.3 is 0 Å². The Morgan fingerprint density at radius 1 is 1.36 bits per heavy atom. The summed E-state index contributed by atoms with van der Waals surface area (Å²) < 4.78 is 1.78. The van der Waals surface area contributed by atoms with E-state index in [1.54, 1.807) is 17.2 Å². The Morgan fingerprint density at radius 3 is 3.08 bits per heavy atom. The minimum absolute atomic E-state index is 0.217. The summed E-state index contributed by atoms with van der Waals surface area (Å²) in [5, 5.41) is 27.8. The van der Waals surface area contributed by atoms with E-state index < -0.39 is 0 Å². The van der Waals surface area contributed by atoms with Crippen molar-refractivity contribution in [3.63, 3.8) is 0 Å². The number of hydrogen-bond acceptors (Lipinski definition) is 7. The number of nitriles is 2. The Bertz CT molecular complexity index is 1000. The lowest BCUT2D eigenvalue weighted by Gasteiger charge is -2.12. The number of nitrogens with zero attached hydrogens (tertiary/aromatic N) is 6. The molecule has 0 spiro atoms. The number of nitrogens with one attached hydrogen (secondary N) is 1. The fourth-order valence-corrected chi connectivity index (χ4v) is 3.77. The van der Waals surface area contributed by atoms with Crippen molar-refractivity contribution >= 4 is 17.2 Å². The van der Waals surface area contributed by atoms with Crippen molar-refractivity contribution in [3.8, 4) is 23.4 Å². The van der Waals surface area contributed by atoms with E-state index in [1.807, 2.05) is 17.6 Å². The Labute approximate surface area is 148 Å². The molecule has 1 unspecified atom stereocenters. The molecule has 0 radical (unpaired) electrons. The highest BCUT2D eigenvalue weighted by molar-refractivity contribution is 7.10. The summed E-state index contributed by atoms with van der Waals surface area (Å²) in [7, 11) is 0. The number of anilines is 1. The first-order valence-corrected chi connectivity index (χ1v) is 8.66. The maximum atomic E-state index is 9.19. The zero-order valence-electron chi connectivity index (χ0n) is 13.2. The minimum Gasteiger partial charge on any atom is -0.369 e. The summed E-state index contributed by atoms with van der Waals surface area (Å²) in [6, 6.07) is 5.95. The van der Waals surface area contributed by atoms with Crippen molar-refractivity contribution < 1.29 is 0 Å². The van der Waals surface area contributed by atoms with Crippen LogP contribution in [0.2, 0.25) is 0 Å². The van der Waals surface area contributed by atoms with E-state index in [1.165, 1.54) is 11.3 Å². The lowest BCUT2D eigenvalue weighted by molar-refractivity contribution is 0.534. The minimum atomic E-state index is -0.217. The molecule has 122 valence electrons. The van der Waals surface area contributed by atoms with Gasteiger partial charge in [0, 0.05) is 23.9 Å². The summed E-state index contributed by atoms with van der Waals surface area (Å²) in [5.41, 5.74) is 3.80. The molecule has 0 amide bonds. The molecule has 1 aliphatic rings. The van der Waals surface area contributed by atoms with E-state index in [2.05, 4.69) is 32.5 Å². The maximum absolute atomic E-state index is 9.19. The van der Waals surface area contributed by atoms with Crippen LogP contribution in [0, 0.1) is 22.7 Å². The molecule has 3 aromatic heterocycles. The maximum Gasteiger partial charge on any atom is 0.133 e. The number of hydrogen-bond donors (Lipinski definition) is 1. The first kappa shape index (κ1) is 15.3. The van der Waals surface area contributed by atoms with Crippen LogP contribution in [0.25, 0.3) is 11.3 Å². The van der Waals surface area contributed by atoms with E-state index in [-0.39, 0.29) is 12.5 Å². The molecule has 0 aromatic carbocycles. The van der Waals surface area contributed by atoms with Crippen LogP contribution in [0.1, 0.15) is 28.5 Å². The van der Waals surface area contributed by atoms with E-state index in [0.717, 1.165) is 41.2 Å². The quantitative estimate of drug-likeness (QED) is 0.778. The van der Waals surface area contributed by atoms with E-state index in [0.29, 0.717) is 4.88 Å². The SMILES string of the molecule is N#CCC(c1csc(C#N)c1)n1cc(-c2ncnc3c2CCN3)cn1. The zero-order chi connectivity index (χ0) is 17.2. The third-order valence-corrected chi connectivity index (χ3v) is 5.06. The Balaban J connectivity index is 1.71. The van der Waals surface area contributed by atoms with Crippen LogP contribution in [0.4, 0.5) is 5.82 Å². The molecule has 25 heavy (non-hydrogen) atoms. The summed E-state index contributed by atoms with van der Waals surface area (Å²) in [6.07, 6.45) is 6.39. The predicted molar refractivity (Wildman–Crippen MR) is 92.8 cm³/mol. The first-order chi connectivity index (χ1) is 12.3. The molecule has 0 saturated carbocycles. The third-order valence-electron chi connectivity index (χ3n) is 4.21. The fraction of sp³-hybridized carbons (Fsp3) is 0.235. The molecule has 1 aliphatic heterocycles. The molecule has 0 bridgehead atoms. The van der Waals surface area contributed by atoms with Crippen LogP contribution in [-0.2, 0) is 6.42 Å². The second-order valence-electron chi connectivity index (χ2n) is 5.67. The summed E-state index contributed by atoms with van der Waals surface area (Å²) >= 11 is 1.38. The van der Waals surface area contributed by atoms with Gasteiger partial charge < -0.3 is 5.32 Å². The monoisotopic (exact) mass is 347 g/mol. The largest absolute Gasteiger partial charge is 0.369 e. The molecule has 0 saturated heterocycles. The van der Waals surface area contributed by atoms with Crippen molar-refractivity contribution in [3.05, 3.63) is 46.2 Å². The van der Waals surface area contributed by atoms with Gasteiger partial charge in [0.15, 0.2) is 0 Å². The topological polar surface area (TPSA) is 103 Å². The average Bonchev–Trinajstić information content (AvgIpc) is 3.39. The van der Waals surface area contributed by atoms with Crippen molar-refractivity contribution in [1.82, 2.24) is 19.7 Å². The van der Waals surface area contributed by atoms with Gasteiger partial charge in [0.1, 0.15) is 23.1 Å². The van der Waals surface area contributed by atoms with Gasteiger partial charge in [-0.1, -0.05) is 0 Å². The van der Waals surface area contributed by atoms with E-state index in [9.17, 15) is 5.26 Å². The number of rotatable bonds is 4. The highest BCUT2D eigenvalue weighted by Crippen LogP contribution is 2.31. The highest BCUT2D eigenvalue weighted by atomic mass is 32.1.